The molecule has 1 unspecified atom stereocenters. The fourth-order valence-electron chi connectivity index (χ4n) is 3.26. The zero-order valence-corrected chi connectivity index (χ0v) is 13.4. The van der Waals surface area contributed by atoms with Crippen LogP contribution in [-0.2, 0) is 9.16 Å². The Labute approximate surface area is 112 Å². The smallest absolute Gasteiger partial charge is 0.407 e. The van der Waals surface area contributed by atoms with Crippen molar-refractivity contribution in [1.82, 2.24) is 5.32 Å². The van der Waals surface area contributed by atoms with Gasteiger partial charge < -0.3 is 14.5 Å². The lowest BCUT2D eigenvalue weighted by atomic mass is 10.4. The molecule has 0 saturated carbocycles. The van der Waals surface area contributed by atoms with Crippen molar-refractivity contribution >= 4 is 14.4 Å². The van der Waals surface area contributed by atoms with Crippen LogP contribution in [0.4, 0.5) is 4.79 Å². The molecule has 0 bridgehead atoms. The van der Waals surface area contributed by atoms with Gasteiger partial charge in [-0.2, -0.15) is 0 Å². The number of cyclic esters (lactones) is 1. The molecular weight excluding hydrogens is 246 g/mol. The quantitative estimate of drug-likeness (QED) is 0.755. The Morgan fingerprint density at radius 1 is 1.22 bits per heavy atom. The topological polar surface area (TPSA) is 47.6 Å². The van der Waals surface area contributed by atoms with Crippen LogP contribution in [0.3, 0.4) is 0 Å². The van der Waals surface area contributed by atoms with Crippen LogP contribution in [0.15, 0.2) is 0 Å². The van der Waals surface area contributed by atoms with Crippen molar-refractivity contribution < 1.29 is 14.0 Å². The highest BCUT2D eigenvalue weighted by Gasteiger charge is 2.45. The molecule has 0 aliphatic carbocycles. The predicted octanol–water partition coefficient (Wildman–Crippen LogP) is 3.29. The minimum Gasteiger partial charge on any atom is -0.442 e. The number of hydrogen-bond acceptors (Lipinski definition) is 3. The zero-order valence-electron chi connectivity index (χ0n) is 12.4. The molecule has 0 aromatic carbocycles. The molecule has 1 heterocycles. The Kier molecular flexibility index (Phi) is 5.22. The molecule has 106 valence electrons. The van der Waals surface area contributed by atoms with Crippen LogP contribution >= 0.6 is 0 Å². The van der Waals surface area contributed by atoms with Gasteiger partial charge in [0.1, 0.15) is 6.10 Å². The van der Waals surface area contributed by atoms with Gasteiger partial charge in [0.15, 0.2) is 0 Å². The molecule has 0 aromatic rings. The molecular formula is C13H27NO3Si. The van der Waals surface area contributed by atoms with Crippen molar-refractivity contribution in [3.63, 3.8) is 0 Å². The van der Waals surface area contributed by atoms with Gasteiger partial charge in [0.25, 0.3) is 0 Å². The van der Waals surface area contributed by atoms with E-state index in [9.17, 15) is 4.79 Å². The Bertz CT molecular complexity index is 270. The van der Waals surface area contributed by atoms with Crippen molar-refractivity contribution in [2.75, 3.05) is 13.2 Å². The fourth-order valence-corrected chi connectivity index (χ4v) is 8.74. The number of alkyl carbamates (subject to hydrolysis) is 1. The maximum atomic E-state index is 11.0. The largest absolute Gasteiger partial charge is 0.442 e. The highest BCUT2D eigenvalue weighted by Crippen LogP contribution is 2.42. The number of hydrogen-bond donors (Lipinski definition) is 1. The summed E-state index contributed by atoms with van der Waals surface area (Å²) in [6.07, 6.45) is -0.449. The fraction of sp³-hybridized carbons (Fsp3) is 0.923. The van der Waals surface area contributed by atoms with E-state index in [0.29, 0.717) is 29.8 Å². The molecule has 1 rings (SSSR count). The number of rotatable bonds is 6. The summed E-state index contributed by atoms with van der Waals surface area (Å²) >= 11 is 0. The van der Waals surface area contributed by atoms with E-state index in [2.05, 4.69) is 46.9 Å². The van der Waals surface area contributed by atoms with E-state index in [1.54, 1.807) is 0 Å². The van der Waals surface area contributed by atoms with E-state index in [1.165, 1.54) is 0 Å². The Hall–Kier alpha value is -0.553. The minimum absolute atomic E-state index is 0.124. The third-order valence-electron chi connectivity index (χ3n) is 3.97. The minimum atomic E-state index is -1.84. The third-order valence-corrected chi connectivity index (χ3v) is 10.1. The van der Waals surface area contributed by atoms with Gasteiger partial charge in [0, 0.05) is 0 Å². The summed E-state index contributed by atoms with van der Waals surface area (Å²) in [4.78, 5) is 11.0. The third kappa shape index (κ3) is 3.06. The summed E-state index contributed by atoms with van der Waals surface area (Å²) in [6, 6.07) is 0. The van der Waals surface area contributed by atoms with Crippen molar-refractivity contribution in [2.24, 2.45) is 0 Å². The van der Waals surface area contributed by atoms with Crippen molar-refractivity contribution in [3.05, 3.63) is 0 Å². The van der Waals surface area contributed by atoms with Crippen LogP contribution < -0.4 is 5.32 Å². The van der Waals surface area contributed by atoms with Crippen LogP contribution in [0.5, 0.6) is 0 Å². The molecule has 1 aliphatic heterocycles. The van der Waals surface area contributed by atoms with Crippen LogP contribution in [-0.4, -0.2) is 33.7 Å². The lowest BCUT2D eigenvalue weighted by molar-refractivity contribution is 0.0977. The van der Waals surface area contributed by atoms with E-state index < -0.39 is 8.32 Å². The molecule has 1 amide bonds. The highest BCUT2D eigenvalue weighted by atomic mass is 28.4. The standard InChI is InChI=1S/C13H27NO3Si/c1-9(2)18(10(3)4,11(5)6)16-8-12-7-14-13(15)17-12/h9-12H,7-8H2,1-6H3,(H,14,15). The maximum absolute atomic E-state index is 11.0. The monoisotopic (exact) mass is 273 g/mol. The first kappa shape index (κ1) is 15.5. The van der Waals surface area contributed by atoms with Gasteiger partial charge in [0.05, 0.1) is 13.2 Å². The van der Waals surface area contributed by atoms with E-state index in [1.807, 2.05) is 0 Å². The van der Waals surface area contributed by atoms with Crippen molar-refractivity contribution in [1.29, 1.82) is 0 Å². The highest BCUT2D eigenvalue weighted by molar-refractivity contribution is 6.77. The van der Waals surface area contributed by atoms with Gasteiger partial charge >= 0.3 is 6.09 Å². The van der Waals surface area contributed by atoms with E-state index >= 15 is 0 Å². The van der Waals surface area contributed by atoms with Crippen LogP contribution in [0, 0.1) is 0 Å². The van der Waals surface area contributed by atoms with E-state index in [4.69, 9.17) is 9.16 Å². The van der Waals surface area contributed by atoms with Gasteiger partial charge in [-0.1, -0.05) is 41.5 Å². The summed E-state index contributed by atoms with van der Waals surface area (Å²) in [5.41, 5.74) is 1.67. The average Bonchev–Trinajstić information content (AvgIpc) is 2.63. The number of nitrogens with one attached hydrogen (secondary N) is 1. The number of ether oxygens (including phenoxy) is 1. The summed E-state index contributed by atoms with van der Waals surface area (Å²) in [6.45, 7) is 14.6. The van der Waals surface area contributed by atoms with Gasteiger partial charge in [-0.05, 0) is 16.6 Å². The molecule has 0 aromatic heterocycles. The number of amides is 1. The first-order valence-corrected chi connectivity index (χ1v) is 9.03. The summed E-state index contributed by atoms with van der Waals surface area (Å²) < 4.78 is 11.5. The Balaban J connectivity index is 2.69. The molecule has 1 N–H and O–H groups in total. The molecule has 5 heteroatoms. The van der Waals surface area contributed by atoms with Crippen LogP contribution in [0.2, 0.25) is 16.6 Å². The average molecular weight is 273 g/mol. The number of carbonyl (C=O) groups is 1. The van der Waals surface area contributed by atoms with Gasteiger partial charge in [-0.15, -0.1) is 0 Å². The van der Waals surface area contributed by atoms with E-state index in [0.717, 1.165) is 0 Å². The number of carbonyl (C=O) groups excluding carboxylic acids is 1. The van der Waals surface area contributed by atoms with Crippen LogP contribution in [0.1, 0.15) is 41.5 Å². The van der Waals surface area contributed by atoms with E-state index in [-0.39, 0.29) is 12.2 Å². The second-order valence-electron chi connectivity index (χ2n) is 6.04. The van der Waals surface area contributed by atoms with Gasteiger partial charge in [-0.3, -0.25) is 0 Å². The zero-order chi connectivity index (χ0) is 13.9. The predicted molar refractivity (Wildman–Crippen MR) is 75.3 cm³/mol. The lowest BCUT2D eigenvalue weighted by Gasteiger charge is -2.42. The van der Waals surface area contributed by atoms with Crippen LogP contribution in [0.25, 0.3) is 0 Å². The molecule has 1 fully saturated rings. The van der Waals surface area contributed by atoms with Gasteiger partial charge in [0.2, 0.25) is 8.32 Å². The Morgan fingerprint density at radius 2 is 1.72 bits per heavy atom. The first-order chi connectivity index (χ1) is 8.30. The molecule has 1 atom stereocenters. The summed E-state index contributed by atoms with van der Waals surface area (Å²) in [5, 5.41) is 2.67. The summed E-state index contributed by atoms with van der Waals surface area (Å²) in [5.74, 6) is 0. The molecule has 0 radical (unpaired) electrons. The van der Waals surface area contributed by atoms with Gasteiger partial charge in [-0.25, -0.2) is 4.79 Å². The van der Waals surface area contributed by atoms with Crippen molar-refractivity contribution in [3.8, 4) is 0 Å². The second kappa shape index (κ2) is 6.06. The molecule has 1 aliphatic rings. The maximum Gasteiger partial charge on any atom is 0.407 e. The SMILES string of the molecule is CC(C)[Si](OCC1CNC(=O)O1)(C(C)C)C(C)C. The summed E-state index contributed by atoms with van der Waals surface area (Å²) in [7, 11) is -1.84. The Morgan fingerprint density at radius 3 is 2.06 bits per heavy atom. The normalized spacial score (nSPS) is 20.7. The molecule has 1 saturated heterocycles. The van der Waals surface area contributed by atoms with Crippen molar-refractivity contribution in [2.45, 2.75) is 64.3 Å². The second-order valence-corrected chi connectivity index (χ2v) is 11.5. The molecule has 4 nitrogen and oxygen atoms in total. The molecule has 0 spiro atoms. The molecule has 18 heavy (non-hydrogen) atoms. The first-order valence-electron chi connectivity index (χ1n) is 6.89. The lowest BCUT2D eigenvalue weighted by Crippen LogP contribution is -2.49.